The molecule has 4 nitrogen and oxygen atoms in total. The molecule has 1 amide bonds. The van der Waals surface area contributed by atoms with Crippen LogP contribution in [0, 0.1) is 0 Å². The Morgan fingerprint density at radius 1 is 1.42 bits per heavy atom. The molecule has 1 aromatic heterocycles. The predicted octanol–water partition coefficient (Wildman–Crippen LogP) is 3.19. The molecule has 7 heteroatoms. The minimum atomic E-state index is 0.175. The summed E-state index contributed by atoms with van der Waals surface area (Å²) < 4.78 is 5.15. The smallest absolute Gasteiger partial charge is 0.221 e. The number of carbonyl (C=O) groups excluding carboxylic acids is 1. The number of carbonyl (C=O) groups is 1. The highest BCUT2D eigenvalue weighted by molar-refractivity contribution is 8.01. The average molecular weight is 318 g/mol. The molecule has 1 N–H and O–H groups in total. The first-order valence-corrected chi connectivity index (χ1v) is 9.56. The first kappa shape index (κ1) is 15.1. The summed E-state index contributed by atoms with van der Waals surface area (Å²) in [7, 11) is 0. The van der Waals surface area contributed by atoms with Crippen molar-refractivity contribution in [1.29, 1.82) is 0 Å². The zero-order valence-electron chi connectivity index (χ0n) is 11.1. The molecule has 1 aliphatic carbocycles. The third kappa shape index (κ3) is 5.31. The molecule has 0 saturated heterocycles. The average Bonchev–Trinajstić information content (AvgIpc) is 2.88. The SMILES string of the molecule is CSc1nsc(SCCC(=O)NC2CCCCC2)n1. The van der Waals surface area contributed by atoms with E-state index in [1.54, 1.807) is 23.5 Å². The minimum absolute atomic E-state index is 0.175. The number of hydrogen-bond acceptors (Lipinski definition) is 6. The lowest BCUT2D eigenvalue weighted by Crippen LogP contribution is -2.36. The first-order chi connectivity index (χ1) is 9.28. The summed E-state index contributed by atoms with van der Waals surface area (Å²) in [5, 5.41) is 3.95. The summed E-state index contributed by atoms with van der Waals surface area (Å²) in [6, 6.07) is 0.413. The van der Waals surface area contributed by atoms with Crippen LogP contribution in [0.3, 0.4) is 0 Å². The molecule has 1 fully saturated rings. The van der Waals surface area contributed by atoms with Crippen molar-refractivity contribution in [3.63, 3.8) is 0 Å². The number of nitrogens with one attached hydrogen (secondary N) is 1. The number of thioether (sulfide) groups is 2. The number of aromatic nitrogens is 2. The second-order valence-electron chi connectivity index (χ2n) is 4.55. The molecule has 19 heavy (non-hydrogen) atoms. The Balaban J connectivity index is 1.63. The lowest BCUT2D eigenvalue weighted by atomic mass is 9.95. The quantitative estimate of drug-likeness (QED) is 0.817. The number of amides is 1. The van der Waals surface area contributed by atoms with Crippen molar-refractivity contribution in [2.75, 3.05) is 12.0 Å². The van der Waals surface area contributed by atoms with Gasteiger partial charge in [0.2, 0.25) is 11.1 Å². The molecule has 0 bridgehead atoms. The van der Waals surface area contributed by atoms with E-state index in [-0.39, 0.29) is 5.91 Å². The van der Waals surface area contributed by atoms with Gasteiger partial charge in [0.05, 0.1) is 0 Å². The Bertz CT molecular complexity index is 405. The summed E-state index contributed by atoms with van der Waals surface area (Å²) >= 11 is 4.58. The standard InChI is InChI=1S/C12H19N3OS3/c1-17-11-14-12(19-15-11)18-8-7-10(16)13-9-5-3-2-4-6-9/h9H,2-8H2,1H3,(H,13,16). The van der Waals surface area contributed by atoms with Crippen LogP contribution in [-0.4, -0.2) is 33.3 Å². The van der Waals surface area contributed by atoms with Crippen LogP contribution < -0.4 is 5.32 Å². The van der Waals surface area contributed by atoms with Gasteiger partial charge in [0.25, 0.3) is 0 Å². The van der Waals surface area contributed by atoms with Crippen LogP contribution in [0.4, 0.5) is 0 Å². The van der Waals surface area contributed by atoms with Crippen molar-refractivity contribution in [2.24, 2.45) is 0 Å². The highest BCUT2D eigenvalue weighted by atomic mass is 32.2. The van der Waals surface area contributed by atoms with Gasteiger partial charge in [-0.3, -0.25) is 4.79 Å². The summed E-state index contributed by atoms with van der Waals surface area (Å²) in [6.07, 6.45) is 8.64. The first-order valence-electron chi connectivity index (χ1n) is 6.58. The summed E-state index contributed by atoms with van der Waals surface area (Å²) in [5.41, 5.74) is 0. The molecule has 0 spiro atoms. The van der Waals surface area contributed by atoms with E-state index in [0.717, 1.165) is 28.1 Å². The van der Waals surface area contributed by atoms with E-state index >= 15 is 0 Å². The Morgan fingerprint density at radius 2 is 2.21 bits per heavy atom. The molecule has 1 heterocycles. The number of rotatable bonds is 6. The Morgan fingerprint density at radius 3 is 2.89 bits per heavy atom. The number of nitrogens with zero attached hydrogens (tertiary/aromatic N) is 2. The van der Waals surface area contributed by atoms with Gasteiger partial charge in [-0.25, -0.2) is 4.98 Å². The monoisotopic (exact) mass is 317 g/mol. The molecule has 1 aliphatic rings. The fourth-order valence-electron chi connectivity index (χ4n) is 2.12. The molecule has 0 atom stereocenters. The third-order valence-electron chi connectivity index (χ3n) is 3.10. The maximum atomic E-state index is 11.8. The zero-order valence-corrected chi connectivity index (χ0v) is 13.5. The van der Waals surface area contributed by atoms with Crippen LogP contribution >= 0.6 is 35.1 Å². The molecule has 2 rings (SSSR count). The van der Waals surface area contributed by atoms with Gasteiger partial charge in [-0.05, 0) is 30.6 Å². The molecule has 0 aliphatic heterocycles. The van der Waals surface area contributed by atoms with Crippen molar-refractivity contribution < 1.29 is 4.79 Å². The van der Waals surface area contributed by atoms with Crippen LogP contribution in [0.15, 0.2) is 9.50 Å². The lowest BCUT2D eigenvalue weighted by molar-refractivity contribution is -0.121. The molecular weight excluding hydrogens is 298 g/mol. The molecule has 106 valence electrons. The fourth-order valence-corrected chi connectivity index (χ4v) is 4.33. The Labute approximate surface area is 126 Å². The summed E-state index contributed by atoms with van der Waals surface area (Å²) in [4.78, 5) is 16.1. The minimum Gasteiger partial charge on any atom is -0.353 e. The largest absolute Gasteiger partial charge is 0.353 e. The molecular formula is C12H19N3OS3. The van der Waals surface area contributed by atoms with E-state index in [2.05, 4.69) is 14.7 Å². The van der Waals surface area contributed by atoms with Crippen LogP contribution in [-0.2, 0) is 4.79 Å². The van der Waals surface area contributed by atoms with Gasteiger partial charge in [0.1, 0.15) is 0 Å². The van der Waals surface area contributed by atoms with Crippen LogP contribution in [0.5, 0.6) is 0 Å². The van der Waals surface area contributed by atoms with Gasteiger partial charge >= 0.3 is 0 Å². The highest BCUT2D eigenvalue weighted by Crippen LogP contribution is 2.24. The second kappa shape index (κ2) is 8.11. The molecule has 0 aromatic carbocycles. The van der Waals surface area contributed by atoms with Crippen molar-refractivity contribution in [3.05, 3.63) is 0 Å². The maximum absolute atomic E-state index is 11.8. The molecule has 0 unspecified atom stereocenters. The van der Waals surface area contributed by atoms with Crippen molar-refractivity contribution in [3.8, 4) is 0 Å². The normalized spacial score (nSPS) is 16.5. The van der Waals surface area contributed by atoms with E-state index in [1.807, 2.05) is 6.26 Å². The third-order valence-corrected chi connectivity index (χ3v) is 5.59. The van der Waals surface area contributed by atoms with Crippen molar-refractivity contribution >= 4 is 41.0 Å². The van der Waals surface area contributed by atoms with E-state index in [9.17, 15) is 4.79 Å². The number of hydrogen-bond donors (Lipinski definition) is 1. The predicted molar refractivity (Wildman–Crippen MR) is 82.0 cm³/mol. The van der Waals surface area contributed by atoms with Crippen LogP contribution in [0.2, 0.25) is 0 Å². The van der Waals surface area contributed by atoms with Crippen molar-refractivity contribution in [2.45, 2.75) is 54.1 Å². The van der Waals surface area contributed by atoms with Crippen LogP contribution in [0.1, 0.15) is 38.5 Å². The van der Waals surface area contributed by atoms with Gasteiger partial charge in [0.15, 0.2) is 4.34 Å². The van der Waals surface area contributed by atoms with Gasteiger partial charge < -0.3 is 5.32 Å². The second-order valence-corrected chi connectivity index (χ2v) is 7.42. The summed E-state index contributed by atoms with van der Waals surface area (Å²) in [5.74, 6) is 0.954. The van der Waals surface area contributed by atoms with Gasteiger partial charge in [0, 0.05) is 18.2 Å². The van der Waals surface area contributed by atoms with E-state index in [4.69, 9.17) is 0 Å². The Hall–Kier alpha value is -0.270. The van der Waals surface area contributed by atoms with Gasteiger partial charge in [-0.15, -0.1) is 0 Å². The molecule has 1 saturated carbocycles. The van der Waals surface area contributed by atoms with Crippen LogP contribution in [0.25, 0.3) is 0 Å². The molecule has 1 aromatic rings. The van der Waals surface area contributed by atoms with E-state index in [1.165, 1.54) is 30.8 Å². The zero-order chi connectivity index (χ0) is 13.5. The topological polar surface area (TPSA) is 54.9 Å². The van der Waals surface area contributed by atoms with Gasteiger partial charge in [-0.2, -0.15) is 4.37 Å². The highest BCUT2D eigenvalue weighted by Gasteiger charge is 2.15. The van der Waals surface area contributed by atoms with Gasteiger partial charge in [-0.1, -0.05) is 42.8 Å². The Kier molecular flexibility index (Phi) is 6.46. The van der Waals surface area contributed by atoms with Crippen molar-refractivity contribution in [1.82, 2.24) is 14.7 Å². The molecule has 0 radical (unpaired) electrons. The summed E-state index contributed by atoms with van der Waals surface area (Å²) in [6.45, 7) is 0. The van der Waals surface area contributed by atoms with E-state index < -0.39 is 0 Å². The maximum Gasteiger partial charge on any atom is 0.221 e. The fraction of sp³-hybridized carbons (Fsp3) is 0.750. The lowest BCUT2D eigenvalue weighted by Gasteiger charge is -2.22. The van der Waals surface area contributed by atoms with E-state index in [0.29, 0.717) is 12.5 Å².